The smallest absolute Gasteiger partial charge is 0.251 e. The lowest BCUT2D eigenvalue weighted by atomic mass is 10.2. The fraction of sp³-hybridized carbons (Fsp3) is 0.500. The molecule has 0 atom stereocenters. The molecule has 1 aromatic rings. The molecular weight excluding hydrogens is 244 g/mol. The summed E-state index contributed by atoms with van der Waals surface area (Å²) in [5.74, 6) is 1.24. The van der Waals surface area contributed by atoms with Gasteiger partial charge in [0.15, 0.2) is 11.5 Å². The van der Waals surface area contributed by atoms with E-state index in [9.17, 15) is 4.79 Å². The SMILES string of the molecule is CC(C)NCCNC(=O)c1ccc2c(c1)OCCO2. The van der Waals surface area contributed by atoms with Crippen LogP contribution < -0.4 is 20.1 Å². The fourth-order valence-corrected chi connectivity index (χ4v) is 1.82. The summed E-state index contributed by atoms with van der Waals surface area (Å²) >= 11 is 0. The van der Waals surface area contributed by atoms with Crippen molar-refractivity contribution in [3.05, 3.63) is 23.8 Å². The third kappa shape index (κ3) is 3.86. The molecule has 1 aliphatic heterocycles. The molecule has 5 nitrogen and oxygen atoms in total. The fourth-order valence-electron chi connectivity index (χ4n) is 1.82. The van der Waals surface area contributed by atoms with E-state index < -0.39 is 0 Å². The Labute approximate surface area is 113 Å². The molecular formula is C14H20N2O3. The molecule has 0 spiro atoms. The predicted molar refractivity (Wildman–Crippen MR) is 72.9 cm³/mol. The van der Waals surface area contributed by atoms with Gasteiger partial charge in [0.1, 0.15) is 13.2 Å². The molecule has 0 unspecified atom stereocenters. The van der Waals surface area contributed by atoms with E-state index in [4.69, 9.17) is 9.47 Å². The van der Waals surface area contributed by atoms with Crippen molar-refractivity contribution >= 4 is 5.91 Å². The van der Waals surface area contributed by atoms with Gasteiger partial charge in [-0.25, -0.2) is 0 Å². The highest BCUT2D eigenvalue weighted by Crippen LogP contribution is 2.30. The minimum Gasteiger partial charge on any atom is -0.486 e. The lowest BCUT2D eigenvalue weighted by Crippen LogP contribution is -2.34. The van der Waals surface area contributed by atoms with Crippen LogP contribution in [0.4, 0.5) is 0 Å². The number of ether oxygens (including phenoxy) is 2. The maximum atomic E-state index is 11.9. The first kappa shape index (κ1) is 13.7. The number of carbonyl (C=O) groups is 1. The van der Waals surface area contributed by atoms with Crippen LogP contribution in [0.3, 0.4) is 0 Å². The Kier molecular flexibility index (Phi) is 4.63. The molecule has 0 aromatic heterocycles. The largest absolute Gasteiger partial charge is 0.486 e. The first-order valence-electron chi connectivity index (χ1n) is 6.58. The molecule has 1 aliphatic rings. The molecule has 0 radical (unpaired) electrons. The van der Waals surface area contributed by atoms with E-state index >= 15 is 0 Å². The van der Waals surface area contributed by atoms with Crippen molar-refractivity contribution in [3.63, 3.8) is 0 Å². The molecule has 0 aliphatic carbocycles. The number of nitrogens with one attached hydrogen (secondary N) is 2. The Morgan fingerprint density at radius 2 is 1.95 bits per heavy atom. The van der Waals surface area contributed by atoms with Crippen LogP contribution in [0, 0.1) is 0 Å². The predicted octanol–water partition coefficient (Wildman–Crippen LogP) is 1.19. The first-order chi connectivity index (χ1) is 9.16. The van der Waals surface area contributed by atoms with E-state index in [1.54, 1.807) is 18.2 Å². The quantitative estimate of drug-likeness (QED) is 0.784. The van der Waals surface area contributed by atoms with Gasteiger partial charge in [0, 0.05) is 24.7 Å². The lowest BCUT2D eigenvalue weighted by molar-refractivity contribution is 0.0952. The monoisotopic (exact) mass is 264 g/mol. The summed E-state index contributed by atoms with van der Waals surface area (Å²) in [6.07, 6.45) is 0. The third-order valence-electron chi connectivity index (χ3n) is 2.77. The van der Waals surface area contributed by atoms with Gasteiger partial charge in [-0.2, -0.15) is 0 Å². The van der Waals surface area contributed by atoms with E-state index in [1.807, 2.05) is 0 Å². The molecule has 1 heterocycles. The van der Waals surface area contributed by atoms with Crippen LogP contribution in [-0.4, -0.2) is 38.3 Å². The second kappa shape index (κ2) is 6.43. The van der Waals surface area contributed by atoms with Crippen LogP contribution in [0.1, 0.15) is 24.2 Å². The zero-order valence-corrected chi connectivity index (χ0v) is 11.4. The average molecular weight is 264 g/mol. The first-order valence-corrected chi connectivity index (χ1v) is 6.58. The Balaban J connectivity index is 1.88. The van der Waals surface area contributed by atoms with Gasteiger partial charge < -0.3 is 20.1 Å². The number of fused-ring (bicyclic) bond motifs is 1. The average Bonchev–Trinajstić information content (AvgIpc) is 2.42. The number of benzene rings is 1. The normalized spacial score (nSPS) is 13.4. The van der Waals surface area contributed by atoms with Gasteiger partial charge in [0.2, 0.25) is 0 Å². The van der Waals surface area contributed by atoms with Gasteiger partial charge >= 0.3 is 0 Å². The Morgan fingerprint density at radius 1 is 1.21 bits per heavy atom. The number of rotatable bonds is 5. The second-order valence-electron chi connectivity index (χ2n) is 4.72. The zero-order chi connectivity index (χ0) is 13.7. The van der Waals surface area contributed by atoms with Crippen molar-refractivity contribution in [3.8, 4) is 11.5 Å². The maximum Gasteiger partial charge on any atom is 0.251 e. The molecule has 1 aromatic carbocycles. The molecule has 104 valence electrons. The van der Waals surface area contributed by atoms with Gasteiger partial charge in [-0.05, 0) is 18.2 Å². The van der Waals surface area contributed by atoms with Gasteiger partial charge in [0.05, 0.1) is 0 Å². The molecule has 2 N–H and O–H groups in total. The van der Waals surface area contributed by atoms with Crippen LogP contribution in [0.2, 0.25) is 0 Å². The van der Waals surface area contributed by atoms with Crippen LogP contribution in [0.5, 0.6) is 11.5 Å². The van der Waals surface area contributed by atoms with Crippen molar-refractivity contribution in [2.45, 2.75) is 19.9 Å². The number of hydrogen-bond acceptors (Lipinski definition) is 4. The number of carbonyl (C=O) groups excluding carboxylic acids is 1. The second-order valence-corrected chi connectivity index (χ2v) is 4.72. The molecule has 1 amide bonds. The summed E-state index contributed by atoms with van der Waals surface area (Å²) in [5.41, 5.74) is 0.591. The summed E-state index contributed by atoms with van der Waals surface area (Å²) in [5, 5.41) is 6.11. The van der Waals surface area contributed by atoms with Gasteiger partial charge in [-0.3, -0.25) is 4.79 Å². The Bertz CT molecular complexity index is 446. The lowest BCUT2D eigenvalue weighted by Gasteiger charge is -2.18. The van der Waals surface area contributed by atoms with Gasteiger partial charge in [-0.15, -0.1) is 0 Å². The summed E-state index contributed by atoms with van der Waals surface area (Å²) in [7, 11) is 0. The van der Waals surface area contributed by atoms with Crippen LogP contribution in [0.15, 0.2) is 18.2 Å². The molecule has 0 saturated carbocycles. The van der Waals surface area contributed by atoms with Gasteiger partial charge in [-0.1, -0.05) is 13.8 Å². The van der Waals surface area contributed by atoms with Crippen LogP contribution >= 0.6 is 0 Å². The molecule has 5 heteroatoms. The van der Waals surface area contributed by atoms with Gasteiger partial charge in [0.25, 0.3) is 5.91 Å². The summed E-state index contributed by atoms with van der Waals surface area (Å²) in [6, 6.07) is 5.67. The van der Waals surface area contributed by atoms with E-state index in [0.29, 0.717) is 42.9 Å². The van der Waals surface area contributed by atoms with E-state index in [0.717, 1.165) is 6.54 Å². The van der Waals surface area contributed by atoms with E-state index in [1.165, 1.54) is 0 Å². The van der Waals surface area contributed by atoms with E-state index in [-0.39, 0.29) is 5.91 Å². The third-order valence-corrected chi connectivity index (χ3v) is 2.77. The van der Waals surface area contributed by atoms with E-state index in [2.05, 4.69) is 24.5 Å². The summed E-state index contributed by atoms with van der Waals surface area (Å²) < 4.78 is 10.9. The van der Waals surface area contributed by atoms with Crippen molar-refractivity contribution in [2.75, 3.05) is 26.3 Å². The topological polar surface area (TPSA) is 59.6 Å². The Morgan fingerprint density at radius 3 is 2.68 bits per heavy atom. The maximum absolute atomic E-state index is 11.9. The summed E-state index contributed by atoms with van der Waals surface area (Å²) in [6.45, 7) is 6.58. The standard InChI is InChI=1S/C14H20N2O3/c1-10(2)15-5-6-16-14(17)11-3-4-12-13(9-11)19-8-7-18-12/h3-4,9-10,15H,5-8H2,1-2H3,(H,16,17). The molecule has 0 bridgehead atoms. The van der Waals surface area contributed by atoms with Crippen molar-refractivity contribution in [2.24, 2.45) is 0 Å². The molecule has 0 fully saturated rings. The van der Waals surface area contributed by atoms with Crippen LogP contribution in [0.25, 0.3) is 0 Å². The molecule has 2 rings (SSSR count). The minimum absolute atomic E-state index is 0.0949. The minimum atomic E-state index is -0.0949. The number of amides is 1. The molecule has 0 saturated heterocycles. The molecule has 19 heavy (non-hydrogen) atoms. The van der Waals surface area contributed by atoms with Crippen molar-refractivity contribution in [1.29, 1.82) is 0 Å². The van der Waals surface area contributed by atoms with Crippen LogP contribution in [-0.2, 0) is 0 Å². The summed E-state index contributed by atoms with van der Waals surface area (Å²) in [4.78, 5) is 11.9. The Hall–Kier alpha value is -1.75. The highest BCUT2D eigenvalue weighted by Gasteiger charge is 2.14. The van der Waals surface area contributed by atoms with Crippen molar-refractivity contribution in [1.82, 2.24) is 10.6 Å². The zero-order valence-electron chi connectivity index (χ0n) is 11.4. The highest BCUT2D eigenvalue weighted by atomic mass is 16.6. The number of hydrogen-bond donors (Lipinski definition) is 2. The van der Waals surface area contributed by atoms with Crippen molar-refractivity contribution < 1.29 is 14.3 Å². The highest BCUT2D eigenvalue weighted by molar-refractivity contribution is 5.94.